The van der Waals surface area contributed by atoms with E-state index in [-0.39, 0.29) is 16.4 Å². The van der Waals surface area contributed by atoms with Gasteiger partial charge in [0.1, 0.15) is 6.54 Å². The average Bonchev–Trinajstić information content (AvgIpc) is 3.03. The topological polar surface area (TPSA) is 122 Å². The number of nitrogens with one attached hydrogen (secondary N) is 1. The Labute approximate surface area is 200 Å². The molecule has 3 rings (SSSR count). The van der Waals surface area contributed by atoms with E-state index in [1.807, 2.05) is 26.0 Å². The molecule has 0 aromatic heterocycles. The molecule has 1 saturated heterocycles. The number of benzene rings is 2. The molecule has 1 aliphatic heterocycles. The third kappa shape index (κ3) is 5.76. The van der Waals surface area contributed by atoms with Gasteiger partial charge in [-0.3, -0.25) is 19.3 Å². The Hall–Kier alpha value is -3.79. The number of methoxy groups -OCH3 is 1. The molecule has 3 amide bonds. The molecule has 0 spiro atoms. The van der Waals surface area contributed by atoms with Crippen molar-refractivity contribution >= 4 is 46.5 Å². The summed E-state index contributed by atoms with van der Waals surface area (Å²) >= 11 is 0.731. The fraction of sp³-hybridized carbons (Fsp3) is 0.250. The molecule has 1 heterocycles. The van der Waals surface area contributed by atoms with Crippen molar-refractivity contribution in [3.63, 3.8) is 0 Å². The number of aryl methyl sites for hydroxylation is 2. The van der Waals surface area contributed by atoms with Gasteiger partial charge in [0.2, 0.25) is 5.91 Å². The zero-order chi connectivity index (χ0) is 25.0. The third-order valence-corrected chi connectivity index (χ3v) is 5.88. The molecule has 0 bridgehead atoms. The van der Waals surface area contributed by atoms with Crippen molar-refractivity contribution < 1.29 is 33.8 Å². The Morgan fingerprint density at radius 3 is 2.53 bits per heavy atom. The zero-order valence-electron chi connectivity index (χ0n) is 19.1. The highest BCUT2D eigenvalue weighted by atomic mass is 32.2. The molecule has 0 saturated carbocycles. The Balaban J connectivity index is 1.72. The van der Waals surface area contributed by atoms with Gasteiger partial charge in [0.25, 0.3) is 11.1 Å². The van der Waals surface area contributed by atoms with E-state index in [4.69, 9.17) is 14.6 Å². The molecule has 2 aromatic rings. The predicted octanol–water partition coefficient (Wildman–Crippen LogP) is 3.84. The molecule has 1 aliphatic rings. The number of carboxylic acid groups (broad SMARTS) is 1. The van der Waals surface area contributed by atoms with Crippen LogP contribution in [0.25, 0.3) is 6.08 Å². The van der Waals surface area contributed by atoms with Crippen LogP contribution in [-0.2, 0) is 14.4 Å². The number of carboxylic acids is 1. The third-order valence-electron chi connectivity index (χ3n) is 4.97. The summed E-state index contributed by atoms with van der Waals surface area (Å²) in [5.41, 5.74) is 3.09. The first-order valence-corrected chi connectivity index (χ1v) is 11.1. The van der Waals surface area contributed by atoms with Gasteiger partial charge in [-0.2, -0.15) is 0 Å². The zero-order valence-corrected chi connectivity index (χ0v) is 19.9. The van der Waals surface area contributed by atoms with Gasteiger partial charge in [-0.15, -0.1) is 0 Å². The van der Waals surface area contributed by atoms with E-state index < -0.39 is 35.7 Å². The second-order valence-corrected chi connectivity index (χ2v) is 8.64. The quantitative estimate of drug-likeness (QED) is 0.542. The fourth-order valence-corrected chi connectivity index (χ4v) is 4.03. The maximum Gasteiger partial charge on any atom is 0.344 e. The Kier molecular flexibility index (Phi) is 7.62. The number of amides is 3. The van der Waals surface area contributed by atoms with Gasteiger partial charge in [-0.25, -0.2) is 4.79 Å². The summed E-state index contributed by atoms with van der Waals surface area (Å²) in [6, 6.07) is 10.2. The standard InChI is InChI=1S/C24H24N2O7S/c1-13-5-7-17(14(2)9-13)25-21(27)12-26-22(28)20(34-24(26)31)11-16-6-8-18(19(10-16)32-4)33-15(3)23(29)30/h5-11,15H,12H2,1-4H3,(H,25,27)(H,29,30). The smallest absolute Gasteiger partial charge is 0.344 e. The Bertz CT molecular complexity index is 1190. The summed E-state index contributed by atoms with van der Waals surface area (Å²) in [4.78, 5) is 49.7. The van der Waals surface area contributed by atoms with Crippen LogP contribution in [-0.4, -0.2) is 52.8 Å². The number of ether oxygens (including phenoxy) is 2. The number of imide groups is 1. The van der Waals surface area contributed by atoms with Gasteiger partial charge in [-0.1, -0.05) is 23.8 Å². The lowest BCUT2D eigenvalue weighted by Gasteiger charge is -2.14. The number of nitrogens with zero attached hydrogens (tertiary/aromatic N) is 1. The van der Waals surface area contributed by atoms with E-state index in [2.05, 4.69) is 5.32 Å². The maximum absolute atomic E-state index is 12.8. The van der Waals surface area contributed by atoms with E-state index in [9.17, 15) is 19.2 Å². The SMILES string of the molecule is COc1cc(C=C2SC(=O)N(CC(=O)Nc3ccc(C)cc3C)C2=O)ccc1OC(C)C(=O)O. The summed E-state index contributed by atoms with van der Waals surface area (Å²) in [5, 5.41) is 11.2. The lowest BCUT2D eigenvalue weighted by atomic mass is 10.1. The molecule has 10 heteroatoms. The molecule has 0 radical (unpaired) electrons. The highest BCUT2D eigenvalue weighted by Crippen LogP contribution is 2.35. The number of carbonyl (C=O) groups is 4. The minimum Gasteiger partial charge on any atom is -0.493 e. The summed E-state index contributed by atoms with van der Waals surface area (Å²) in [5.74, 6) is -1.68. The molecular weight excluding hydrogens is 460 g/mol. The molecular formula is C24H24N2O7S. The minimum atomic E-state index is -1.12. The highest BCUT2D eigenvalue weighted by molar-refractivity contribution is 8.18. The molecule has 1 atom stereocenters. The molecule has 0 aliphatic carbocycles. The van der Waals surface area contributed by atoms with Crippen LogP contribution in [0.5, 0.6) is 11.5 Å². The van der Waals surface area contributed by atoms with Crippen LogP contribution in [0.3, 0.4) is 0 Å². The Morgan fingerprint density at radius 1 is 1.15 bits per heavy atom. The summed E-state index contributed by atoms with van der Waals surface area (Å²) in [6.07, 6.45) is 0.422. The van der Waals surface area contributed by atoms with Crippen LogP contribution >= 0.6 is 11.8 Å². The van der Waals surface area contributed by atoms with E-state index in [0.717, 1.165) is 27.8 Å². The second-order valence-electron chi connectivity index (χ2n) is 7.64. The van der Waals surface area contributed by atoms with Crippen LogP contribution < -0.4 is 14.8 Å². The lowest BCUT2D eigenvalue weighted by Crippen LogP contribution is -2.36. The number of anilines is 1. The van der Waals surface area contributed by atoms with Gasteiger partial charge in [0.05, 0.1) is 12.0 Å². The lowest BCUT2D eigenvalue weighted by molar-refractivity contribution is -0.144. The van der Waals surface area contributed by atoms with Crippen molar-refractivity contribution in [1.29, 1.82) is 0 Å². The number of carbonyl (C=O) groups excluding carboxylic acids is 3. The minimum absolute atomic E-state index is 0.152. The number of rotatable bonds is 8. The molecule has 1 fully saturated rings. The number of hydrogen-bond donors (Lipinski definition) is 2. The van der Waals surface area contributed by atoms with Crippen molar-refractivity contribution in [2.24, 2.45) is 0 Å². The first-order chi connectivity index (χ1) is 16.1. The van der Waals surface area contributed by atoms with Crippen molar-refractivity contribution in [2.75, 3.05) is 19.0 Å². The van der Waals surface area contributed by atoms with Gasteiger partial charge >= 0.3 is 5.97 Å². The summed E-state index contributed by atoms with van der Waals surface area (Å²) in [7, 11) is 1.40. The molecule has 178 valence electrons. The van der Waals surface area contributed by atoms with Gasteiger partial charge in [-0.05, 0) is 67.9 Å². The summed E-state index contributed by atoms with van der Waals surface area (Å²) in [6.45, 7) is 4.79. The van der Waals surface area contributed by atoms with Gasteiger partial charge < -0.3 is 19.9 Å². The van der Waals surface area contributed by atoms with Crippen molar-refractivity contribution in [2.45, 2.75) is 26.9 Å². The largest absolute Gasteiger partial charge is 0.493 e. The van der Waals surface area contributed by atoms with Crippen LogP contribution in [0.4, 0.5) is 10.5 Å². The average molecular weight is 485 g/mol. The van der Waals surface area contributed by atoms with Gasteiger partial charge in [0.15, 0.2) is 17.6 Å². The normalized spacial score (nSPS) is 15.4. The first-order valence-electron chi connectivity index (χ1n) is 10.3. The first kappa shape index (κ1) is 24.8. The van der Waals surface area contributed by atoms with E-state index in [1.54, 1.807) is 18.2 Å². The fourth-order valence-electron chi connectivity index (χ4n) is 3.19. The van der Waals surface area contributed by atoms with Crippen molar-refractivity contribution in [3.05, 3.63) is 58.0 Å². The molecule has 1 unspecified atom stereocenters. The highest BCUT2D eigenvalue weighted by Gasteiger charge is 2.36. The molecule has 2 N–H and O–H groups in total. The number of thioether (sulfide) groups is 1. The van der Waals surface area contributed by atoms with E-state index >= 15 is 0 Å². The monoisotopic (exact) mass is 484 g/mol. The summed E-state index contributed by atoms with van der Waals surface area (Å²) < 4.78 is 10.6. The van der Waals surface area contributed by atoms with Crippen molar-refractivity contribution in [1.82, 2.24) is 4.90 Å². The molecule has 2 aromatic carbocycles. The van der Waals surface area contributed by atoms with Crippen LogP contribution in [0.2, 0.25) is 0 Å². The molecule has 34 heavy (non-hydrogen) atoms. The number of hydrogen-bond acceptors (Lipinski definition) is 7. The van der Waals surface area contributed by atoms with Crippen LogP contribution in [0.1, 0.15) is 23.6 Å². The predicted molar refractivity (Wildman–Crippen MR) is 128 cm³/mol. The van der Waals surface area contributed by atoms with E-state index in [1.165, 1.54) is 26.2 Å². The molecule has 9 nitrogen and oxygen atoms in total. The second kappa shape index (κ2) is 10.4. The van der Waals surface area contributed by atoms with Crippen molar-refractivity contribution in [3.8, 4) is 11.5 Å². The van der Waals surface area contributed by atoms with E-state index in [0.29, 0.717) is 11.3 Å². The maximum atomic E-state index is 12.8. The van der Waals surface area contributed by atoms with Crippen LogP contribution in [0.15, 0.2) is 41.3 Å². The Morgan fingerprint density at radius 2 is 1.88 bits per heavy atom. The van der Waals surface area contributed by atoms with Gasteiger partial charge in [0, 0.05) is 5.69 Å². The van der Waals surface area contributed by atoms with Crippen LogP contribution in [0, 0.1) is 13.8 Å². The number of aliphatic carboxylic acids is 1.